The maximum atomic E-state index is 13.3. The predicted octanol–water partition coefficient (Wildman–Crippen LogP) is 2.97. The SMILES string of the molecule is CCOC(=O)c1c(C(C)C)[nH]c2ccc(F)cc2c1=O. The second-order valence-electron chi connectivity index (χ2n) is 4.81. The van der Waals surface area contributed by atoms with Gasteiger partial charge in [0.2, 0.25) is 5.43 Å². The fourth-order valence-corrected chi connectivity index (χ4v) is 2.12. The Hall–Kier alpha value is -2.17. The van der Waals surface area contributed by atoms with Crippen molar-refractivity contribution in [2.45, 2.75) is 26.7 Å². The first-order chi connectivity index (χ1) is 9.45. The van der Waals surface area contributed by atoms with Crippen molar-refractivity contribution in [3.05, 3.63) is 45.5 Å². The summed E-state index contributed by atoms with van der Waals surface area (Å²) in [5.41, 5.74) is 0.473. The Bertz CT molecular complexity index is 719. The molecule has 0 aliphatic carbocycles. The quantitative estimate of drug-likeness (QED) is 0.877. The Balaban J connectivity index is 2.81. The number of carbonyl (C=O) groups is 1. The van der Waals surface area contributed by atoms with Gasteiger partial charge in [-0.25, -0.2) is 9.18 Å². The van der Waals surface area contributed by atoms with E-state index in [9.17, 15) is 14.0 Å². The number of aromatic amines is 1. The average Bonchev–Trinajstić information content (AvgIpc) is 2.39. The van der Waals surface area contributed by atoms with E-state index in [1.165, 1.54) is 12.1 Å². The number of H-pyrrole nitrogens is 1. The Kier molecular flexibility index (Phi) is 3.88. The highest BCUT2D eigenvalue weighted by Gasteiger charge is 2.21. The molecule has 4 nitrogen and oxygen atoms in total. The van der Waals surface area contributed by atoms with E-state index in [2.05, 4.69) is 4.98 Å². The van der Waals surface area contributed by atoms with Gasteiger partial charge in [-0.3, -0.25) is 4.79 Å². The molecule has 1 aromatic carbocycles. The van der Waals surface area contributed by atoms with Crippen LogP contribution in [0.3, 0.4) is 0 Å². The standard InChI is InChI=1S/C15H16FNO3/c1-4-20-15(19)12-13(8(2)3)17-11-6-5-9(16)7-10(11)14(12)18/h5-8H,4H2,1-3H3,(H,17,18). The van der Waals surface area contributed by atoms with Gasteiger partial charge < -0.3 is 9.72 Å². The van der Waals surface area contributed by atoms with Crippen LogP contribution in [0.4, 0.5) is 4.39 Å². The summed E-state index contributed by atoms with van der Waals surface area (Å²) in [6.45, 7) is 5.57. The lowest BCUT2D eigenvalue weighted by atomic mass is 10.0. The highest BCUT2D eigenvalue weighted by Crippen LogP contribution is 2.20. The third kappa shape index (κ3) is 2.43. The molecule has 2 rings (SSSR count). The summed E-state index contributed by atoms with van der Waals surface area (Å²) in [6, 6.07) is 3.89. The first-order valence-corrected chi connectivity index (χ1v) is 6.48. The highest BCUT2D eigenvalue weighted by atomic mass is 19.1. The van der Waals surface area contributed by atoms with Gasteiger partial charge in [-0.15, -0.1) is 0 Å². The molecule has 0 aliphatic rings. The van der Waals surface area contributed by atoms with Gasteiger partial charge in [0.25, 0.3) is 0 Å². The maximum absolute atomic E-state index is 13.3. The summed E-state index contributed by atoms with van der Waals surface area (Å²) < 4.78 is 18.2. The molecule has 0 spiro atoms. The van der Waals surface area contributed by atoms with Gasteiger partial charge in [-0.05, 0) is 31.0 Å². The fourth-order valence-electron chi connectivity index (χ4n) is 2.12. The van der Waals surface area contributed by atoms with Gasteiger partial charge in [0.15, 0.2) is 0 Å². The summed E-state index contributed by atoms with van der Waals surface area (Å²) in [5.74, 6) is -1.25. The van der Waals surface area contributed by atoms with Crippen molar-refractivity contribution in [2.24, 2.45) is 0 Å². The molecule has 0 unspecified atom stereocenters. The van der Waals surface area contributed by atoms with Crippen molar-refractivity contribution in [1.82, 2.24) is 4.98 Å². The zero-order valence-corrected chi connectivity index (χ0v) is 11.6. The second kappa shape index (κ2) is 5.45. The van der Waals surface area contributed by atoms with Gasteiger partial charge >= 0.3 is 5.97 Å². The number of benzene rings is 1. The van der Waals surface area contributed by atoms with Crippen molar-refractivity contribution >= 4 is 16.9 Å². The lowest BCUT2D eigenvalue weighted by molar-refractivity contribution is 0.0522. The smallest absolute Gasteiger partial charge is 0.343 e. The summed E-state index contributed by atoms with van der Waals surface area (Å²) >= 11 is 0. The first kappa shape index (κ1) is 14.2. The number of hydrogen-bond acceptors (Lipinski definition) is 3. The molecular formula is C15H16FNO3. The van der Waals surface area contributed by atoms with Crippen LogP contribution in [-0.2, 0) is 4.74 Å². The molecule has 0 bridgehead atoms. The van der Waals surface area contributed by atoms with Gasteiger partial charge in [-0.1, -0.05) is 13.8 Å². The maximum Gasteiger partial charge on any atom is 0.343 e. The number of ether oxygens (including phenoxy) is 1. The minimum atomic E-state index is -0.677. The van der Waals surface area contributed by atoms with Crippen LogP contribution in [0.2, 0.25) is 0 Å². The molecule has 0 saturated heterocycles. The molecular weight excluding hydrogens is 261 g/mol. The van der Waals surface area contributed by atoms with Gasteiger partial charge in [0.1, 0.15) is 11.4 Å². The van der Waals surface area contributed by atoms with Gasteiger partial charge in [0.05, 0.1) is 6.61 Å². The second-order valence-corrected chi connectivity index (χ2v) is 4.81. The number of carbonyl (C=O) groups excluding carboxylic acids is 1. The number of hydrogen-bond donors (Lipinski definition) is 1. The Morgan fingerprint density at radius 3 is 2.70 bits per heavy atom. The largest absolute Gasteiger partial charge is 0.462 e. The lowest BCUT2D eigenvalue weighted by Crippen LogP contribution is -2.22. The van der Waals surface area contributed by atoms with Crippen molar-refractivity contribution < 1.29 is 13.9 Å². The van der Waals surface area contributed by atoms with Crippen molar-refractivity contribution in [3.8, 4) is 0 Å². The molecule has 0 amide bonds. The predicted molar refractivity (Wildman–Crippen MR) is 74.6 cm³/mol. The molecule has 5 heteroatoms. The number of fused-ring (bicyclic) bond motifs is 1. The van der Waals surface area contributed by atoms with Crippen LogP contribution < -0.4 is 5.43 Å². The van der Waals surface area contributed by atoms with E-state index in [-0.39, 0.29) is 23.5 Å². The zero-order chi connectivity index (χ0) is 14.9. The van der Waals surface area contributed by atoms with Gasteiger partial charge in [0, 0.05) is 16.6 Å². The molecule has 0 aliphatic heterocycles. The molecule has 0 atom stereocenters. The number of pyridine rings is 1. The monoisotopic (exact) mass is 277 g/mol. The molecule has 106 valence electrons. The van der Waals surface area contributed by atoms with Crippen molar-refractivity contribution in [3.63, 3.8) is 0 Å². The Morgan fingerprint density at radius 2 is 2.10 bits per heavy atom. The first-order valence-electron chi connectivity index (χ1n) is 6.48. The van der Waals surface area contributed by atoms with Crippen molar-refractivity contribution in [2.75, 3.05) is 6.61 Å². The van der Waals surface area contributed by atoms with E-state index >= 15 is 0 Å². The van der Waals surface area contributed by atoms with E-state index < -0.39 is 17.2 Å². The van der Waals surface area contributed by atoms with Crippen LogP contribution >= 0.6 is 0 Å². The van der Waals surface area contributed by atoms with E-state index in [4.69, 9.17) is 4.74 Å². The minimum Gasteiger partial charge on any atom is -0.462 e. The third-order valence-electron chi connectivity index (χ3n) is 3.05. The number of esters is 1. The third-order valence-corrected chi connectivity index (χ3v) is 3.05. The normalized spacial score (nSPS) is 11.1. The van der Waals surface area contributed by atoms with Crippen LogP contribution in [0.1, 0.15) is 42.7 Å². The molecule has 0 fully saturated rings. The van der Waals surface area contributed by atoms with Crippen LogP contribution in [0, 0.1) is 5.82 Å². The Morgan fingerprint density at radius 1 is 1.40 bits per heavy atom. The lowest BCUT2D eigenvalue weighted by Gasteiger charge is -2.13. The Labute approximate surface area is 115 Å². The average molecular weight is 277 g/mol. The number of halogens is 1. The van der Waals surface area contributed by atoms with Crippen LogP contribution in [0.15, 0.2) is 23.0 Å². The van der Waals surface area contributed by atoms with Crippen LogP contribution in [-0.4, -0.2) is 17.6 Å². The minimum absolute atomic E-state index is 0.0417. The summed E-state index contributed by atoms with van der Waals surface area (Å²) in [4.78, 5) is 27.5. The van der Waals surface area contributed by atoms with Gasteiger partial charge in [-0.2, -0.15) is 0 Å². The van der Waals surface area contributed by atoms with Crippen molar-refractivity contribution in [1.29, 1.82) is 0 Å². The molecule has 0 radical (unpaired) electrons. The summed E-state index contributed by atoms with van der Waals surface area (Å²) in [7, 11) is 0. The number of rotatable bonds is 3. The van der Waals surface area contributed by atoms with E-state index in [0.29, 0.717) is 11.2 Å². The number of nitrogens with one attached hydrogen (secondary N) is 1. The molecule has 1 heterocycles. The van der Waals surface area contributed by atoms with E-state index in [1.54, 1.807) is 6.92 Å². The molecule has 20 heavy (non-hydrogen) atoms. The summed E-state index contributed by atoms with van der Waals surface area (Å²) in [6.07, 6.45) is 0. The fraction of sp³-hybridized carbons (Fsp3) is 0.333. The molecule has 2 aromatic rings. The highest BCUT2D eigenvalue weighted by molar-refractivity contribution is 5.95. The molecule has 0 saturated carbocycles. The summed E-state index contributed by atoms with van der Waals surface area (Å²) in [5, 5.41) is 0.150. The zero-order valence-electron chi connectivity index (χ0n) is 11.6. The van der Waals surface area contributed by atoms with E-state index in [1.807, 2.05) is 13.8 Å². The molecule has 1 N–H and O–H groups in total. The van der Waals surface area contributed by atoms with E-state index in [0.717, 1.165) is 6.07 Å². The molecule has 1 aromatic heterocycles. The van der Waals surface area contributed by atoms with Crippen LogP contribution in [0.25, 0.3) is 10.9 Å². The number of aromatic nitrogens is 1. The topological polar surface area (TPSA) is 59.2 Å². The van der Waals surface area contributed by atoms with Crippen LogP contribution in [0.5, 0.6) is 0 Å².